The van der Waals surface area contributed by atoms with Crippen molar-refractivity contribution in [3.63, 3.8) is 0 Å². The molecule has 0 aliphatic heterocycles. The summed E-state index contributed by atoms with van der Waals surface area (Å²) in [6.07, 6.45) is 12.1. The molecule has 1 heteroatoms. The van der Waals surface area contributed by atoms with Gasteiger partial charge in [-0.05, 0) is 60.2 Å². The van der Waals surface area contributed by atoms with Crippen LogP contribution in [0.25, 0.3) is 11.6 Å². The molecular weight excluding hydrogens is 338 g/mol. The summed E-state index contributed by atoms with van der Waals surface area (Å²) in [6, 6.07) is 13.0. The van der Waals surface area contributed by atoms with E-state index in [0.29, 0.717) is 5.92 Å². The van der Waals surface area contributed by atoms with Crippen LogP contribution in [0.5, 0.6) is 0 Å². The Balaban J connectivity index is 0.000000930. The Kier molecular flexibility index (Phi) is 14.6. The smallest absolute Gasteiger partial charge is 0.0671 e. The largest absolute Gasteiger partial charge is 0.256 e. The predicted octanol–water partition coefficient (Wildman–Crippen LogP) is 6.82. The highest BCUT2D eigenvalue weighted by Crippen LogP contribution is 2.27. The summed E-state index contributed by atoms with van der Waals surface area (Å²) in [5.41, 5.74) is 3.72. The van der Waals surface area contributed by atoms with E-state index in [1.54, 1.807) is 0 Å². The van der Waals surface area contributed by atoms with Crippen LogP contribution in [-0.4, -0.2) is 4.98 Å². The molecule has 1 aromatic carbocycles. The maximum atomic E-state index is 4.68. The maximum absolute atomic E-state index is 4.68. The van der Waals surface area contributed by atoms with Crippen molar-refractivity contribution in [2.24, 2.45) is 5.92 Å². The molecule has 0 saturated carbocycles. The Morgan fingerprint density at radius 2 is 1.64 bits per heavy atom. The quantitative estimate of drug-likeness (QED) is 0.533. The Morgan fingerprint density at radius 3 is 2.21 bits per heavy atom. The third-order valence-corrected chi connectivity index (χ3v) is 4.13. The van der Waals surface area contributed by atoms with E-state index in [9.17, 15) is 0 Å². The van der Waals surface area contributed by atoms with Gasteiger partial charge in [-0.1, -0.05) is 96.5 Å². The van der Waals surface area contributed by atoms with Crippen molar-refractivity contribution in [3.8, 4) is 0 Å². The zero-order chi connectivity index (χ0) is 21.4. The number of nitrogens with zero attached hydrogens (tertiary/aromatic N) is 1. The van der Waals surface area contributed by atoms with E-state index < -0.39 is 0 Å². The van der Waals surface area contributed by atoms with Gasteiger partial charge in [0.05, 0.1) is 5.69 Å². The van der Waals surface area contributed by atoms with Gasteiger partial charge in [0, 0.05) is 6.20 Å². The van der Waals surface area contributed by atoms with Crippen molar-refractivity contribution in [1.82, 2.24) is 4.98 Å². The first-order valence-corrected chi connectivity index (χ1v) is 11.0. The van der Waals surface area contributed by atoms with Gasteiger partial charge in [-0.25, -0.2) is 0 Å². The zero-order valence-electron chi connectivity index (χ0n) is 19.4. The standard InChI is InChI=1S/C20H21N.C3H8.2C2H6/c1-3-4-7-17-12-11-16-8-5-6-9-18(16)20(17)19-13-10-15(2)14-21-19;1-3-2;2*1-2/h3-6,8-11,13-14,17H,7,12H2,1-2H3;3H2,1-2H3;2*1-2H3. The van der Waals surface area contributed by atoms with Crippen LogP contribution in [0, 0.1) is 12.8 Å². The van der Waals surface area contributed by atoms with E-state index in [4.69, 9.17) is 0 Å². The average molecular weight is 380 g/mol. The predicted molar refractivity (Wildman–Crippen MR) is 128 cm³/mol. The number of allylic oxidation sites excluding steroid dienone is 2. The van der Waals surface area contributed by atoms with E-state index in [1.807, 2.05) is 33.9 Å². The Bertz CT molecular complexity index is 782. The summed E-state index contributed by atoms with van der Waals surface area (Å²) < 4.78 is 0. The second-order valence-electron chi connectivity index (χ2n) is 6.37. The number of aryl methyl sites for hydroxylation is 1. The molecular formula is C27H41N. The SMILES string of the molecule is CC.CC.CC=CCC1CC=c2ccccc2=C1c1ccc(C)cn1.CCC. The minimum Gasteiger partial charge on any atom is -0.256 e. The Morgan fingerprint density at radius 1 is 1.00 bits per heavy atom. The average Bonchev–Trinajstić information content (AvgIpc) is 2.76. The minimum atomic E-state index is 0.520. The fourth-order valence-electron chi connectivity index (χ4n) is 3.02. The van der Waals surface area contributed by atoms with E-state index in [2.05, 4.69) is 87.3 Å². The second kappa shape index (κ2) is 15.9. The summed E-state index contributed by atoms with van der Waals surface area (Å²) in [5.74, 6) is 0.520. The lowest BCUT2D eigenvalue weighted by Crippen LogP contribution is -2.33. The lowest BCUT2D eigenvalue weighted by atomic mass is 9.84. The van der Waals surface area contributed by atoms with Crippen LogP contribution in [0.1, 0.15) is 79.0 Å². The Hall–Kier alpha value is -2.15. The lowest BCUT2D eigenvalue weighted by molar-refractivity contribution is 0.698. The van der Waals surface area contributed by atoms with E-state index in [1.165, 1.54) is 28.0 Å². The first kappa shape index (κ1) is 25.9. The molecule has 1 atom stereocenters. The number of pyridine rings is 1. The fourth-order valence-corrected chi connectivity index (χ4v) is 3.02. The molecule has 0 N–H and O–H groups in total. The van der Waals surface area contributed by atoms with E-state index in [0.717, 1.165) is 18.5 Å². The summed E-state index contributed by atoms with van der Waals surface area (Å²) in [7, 11) is 0. The second-order valence-corrected chi connectivity index (χ2v) is 6.37. The molecule has 1 aromatic heterocycles. The van der Waals surface area contributed by atoms with Crippen LogP contribution >= 0.6 is 0 Å². The van der Waals surface area contributed by atoms with Crippen molar-refractivity contribution in [2.75, 3.05) is 0 Å². The monoisotopic (exact) mass is 379 g/mol. The molecule has 0 amide bonds. The molecule has 2 aromatic rings. The van der Waals surface area contributed by atoms with Gasteiger partial charge in [-0.15, -0.1) is 0 Å². The molecule has 28 heavy (non-hydrogen) atoms. The minimum absolute atomic E-state index is 0.520. The number of hydrogen-bond donors (Lipinski definition) is 0. The van der Waals surface area contributed by atoms with Crippen LogP contribution in [0.2, 0.25) is 0 Å². The molecule has 1 heterocycles. The van der Waals surface area contributed by atoms with E-state index in [-0.39, 0.29) is 0 Å². The molecule has 0 radical (unpaired) electrons. The van der Waals surface area contributed by atoms with Gasteiger partial charge in [-0.2, -0.15) is 0 Å². The molecule has 3 rings (SSSR count). The first-order valence-electron chi connectivity index (χ1n) is 11.0. The van der Waals surface area contributed by atoms with Gasteiger partial charge in [0.25, 0.3) is 0 Å². The molecule has 1 aliphatic carbocycles. The molecule has 1 nitrogen and oxygen atoms in total. The molecule has 0 saturated heterocycles. The number of hydrogen-bond acceptors (Lipinski definition) is 1. The summed E-state index contributed by atoms with van der Waals surface area (Å²) in [4.78, 5) is 4.68. The number of aromatic nitrogens is 1. The van der Waals surface area contributed by atoms with Crippen molar-refractivity contribution in [3.05, 3.63) is 76.4 Å². The molecule has 1 aliphatic rings. The van der Waals surface area contributed by atoms with E-state index >= 15 is 0 Å². The fraction of sp³-hybridized carbons (Fsp3) is 0.444. The lowest BCUT2D eigenvalue weighted by Gasteiger charge is -2.21. The van der Waals surface area contributed by atoms with Crippen LogP contribution in [0.15, 0.2) is 54.7 Å². The normalized spacial score (nSPS) is 14.3. The summed E-state index contributed by atoms with van der Waals surface area (Å²) in [5, 5.41) is 2.68. The topological polar surface area (TPSA) is 12.9 Å². The number of benzene rings is 1. The van der Waals surface area contributed by atoms with Gasteiger partial charge in [0.15, 0.2) is 0 Å². The highest BCUT2D eigenvalue weighted by Gasteiger charge is 2.19. The summed E-state index contributed by atoms with van der Waals surface area (Å²) in [6.45, 7) is 16.4. The molecule has 1 unspecified atom stereocenters. The van der Waals surface area contributed by atoms with Crippen molar-refractivity contribution in [2.45, 2.75) is 74.7 Å². The highest BCUT2D eigenvalue weighted by atomic mass is 14.7. The molecule has 0 spiro atoms. The summed E-state index contributed by atoms with van der Waals surface area (Å²) >= 11 is 0. The number of fused-ring (bicyclic) bond motifs is 1. The van der Waals surface area contributed by atoms with Crippen LogP contribution in [-0.2, 0) is 0 Å². The Labute approximate surface area is 173 Å². The van der Waals surface area contributed by atoms with Gasteiger partial charge in [-0.3, -0.25) is 4.98 Å². The van der Waals surface area contributed by atoms with Gasteiger partial charge in [0.1, 0.15) is 0 Å². The number of rotatable bonds is 3. The third kappa shape index (κ3) is 7.84. The van der Waals surface area contributed by atoms with Gasteiger partial charge < -0.3 is 0 Å². The van der Waals surface area contributed by atoms with Crippen molar-refractivity contribution >= 4 is 11.6 Å². The van der Waals surface area contributed by atoms with Gasteiger partial charge >= 0.3 is 0 Å². The molecule has 154 valence electrons. The molecule has 0 fully saturated rings. The molecule has 0 bridgehead atoms. The van der Waals surface area contributed by atoms with Gasteiger partial charge in [0.2, 0.25) is 0 Å². The zero-order valence-corrected chi connectivity index (χ0v) is 19.4. The third-order valence-electron chi connectivity index (χ3n) is 4.13. The van der Waals surface area contributed by atoms with Crippen LogP contribution in [0.3, 0.4) is 0 Å². The van der Waals surface area contributed by atoms with Crippen LogP contribution in [0.4, 0.5) is 0 Å². The van der Waals surface area contributed by atoms with Crippen LogP contribution < -0.4 is 10.4 Å². The first-order chi connectivity index (χ1) is 13.7. The maximum Gasteiger partial charge on any atom is 0.0671 e. The van der Waals surface area contributed by atoms with Crippen molar-refractivity contribution in [1.29, 1.82) is 0 Å². The highest BCUT2D eigenvalue weighted by molar-refractivity contribution is 5.67. The van der Waals surface area contributed by atoms with Crippen molar-refractivity contribution < 1.29 is 0 Å².